The maximum Gasteiger partial charge on any atom is 0.308 e. The first-order chi connectivity index (χ1) is 11.1. The van der Waals surface area contributed by atoms with E-state index in [-0.39, 0.29) is 30.3 Å². The summed E-state index contributed by atoms with van der Waals surface area (Å²) in [5, 5.41) is 9.12. The van der Waals surface area contributed by atoms with E-state index in [2.05, 4.69) is 0 Å². The van der Waals surface area contributed by atoms with E-state index < -0.39 is 11.9 Å². The van der Waals surface area contributed by atoms with Gasteiger partial charge in [-0.2, -0.15) is 0 Å². The van der Waals surface area contributed by atoms with Gasteiger partial charge in [0.05, 0.1) is 17.9 Å². The molecule has 132 valence electrons. The molecule has 24 heavy (non-hydrogen) atoms. The SMILES string of the molecule is Cc1ccc(C2OCCCC2C(=O)N2CCC(C(=O)O)C2)cc1.Cl. The first-order valence-electron chi connectivity index (χ1n) is 8.26. The van der Waals surface area contributed by atoms with Gasteiger partial charge in [0.2, 0.25) is 5.91 Å². The number of benzene rings is 1. The Morgan fingerprint density at radius 1 is 1.21 bits per heavy atom. The number of carbonyl (C=O) groups is 2. The zero-order valence-corrected chi connectivity index (χ0v) is 14.6. The van der Waals surface area contributed by atoms with Crippen LogP contribution in [0.15, 0.2) is 24.3 Å². The lowest BCUT2D eigenvalue weighted by molar-refractivity contribution is -0.145. The van der Waals surface area contributed by atoms with E-state index in [4.69, 9.17) is 9.84 Å². The number of hydrogen-bond acceptors (Lipinski definition) is 3. The molecule has 1 N–H and O–H groups in total. The van der Waals surface area contributed by atoms with Crippen LogP contribution < -0.4 is 0 Å². The summed E-state index contributed by atoms with van der Waals surface area (Å²) >= 11 is 0. The number of halogens is 1. The normalized spacial score (nSPS) is 26.7. The molecule has 2 saturated heterocycles. The molecule has 3 rings (SSSR count). The summed E-state index contributed by atoms with van der Waals surface area (Å²) in [6.07, 6.45) is 1.99. The van der Waals surface area contributed by atoms with Crippen LogP contribution in [0.1, 0.15) is 36.5 Å². The summed E-state index contributed by atoms with van der Waals surface area (Å²) in [5.74, 6) is -1.41. The fraction of sp³-hybridized carbons (Fsp3) is 0.556. The van der Waals surface area contributed by atoms with E-state index in [1.165, 1.54) is 5.56 Å². The van der Waals surface area contributed by atoms with Crippen molar-refractivity contribution in [2.45, 2.75) is 32.3 Å². The van der Waals surface area contributed by atoms with E-state index in [9.17, 15) is 9.59 Å². The lowest BCUT2D eigenvalue weighted by Gasteiger charge is -2.33. The van der Waals surface area contributed by atoms with Gasteiger partial charge in [0, 0.05) is 19.7 Å². The summed E-state index contributed by atoms with van der Waals surface area (Å²) in [6, 6.07) is 8.11. The maximum absolute atomic E-state index is 12.9. The van der Waals surface area contributed by atoms with Crippen LogP contribution in [0.3, 0.4) is 0 Å². The topological polar surface area (TPSA) is 66.8 Å². The largest absolute Gasteiger partial charge is 0.481 e. The number of nitrogens with zero attached hydrogens (tertiary/aromatic N) is 1. The van der Waals surface area contributed by atoms with Gasteiger partial charge in [-0.3, -0.25) is 9.59 Å². The molecule has 1 amide bonds. The van der Waals surface area contributed by atoms with E-state index >= 15 is 0 Å². The van der Waals surface area contributed by atoms with Gasteiger partial charge >= 0.3 is 5.97 Å². The fourth-order valence-electron chi connectivity index (χ4n) is 3.52. The molecule has 0 aromatic heterocycles. The van der Waals surface area contributed by atoms with Gasteiger partial charge in [-0.05, 0) is 31.7 Å². The van der Waals surface area contributed by atoms with Crippen molar-refractivity contribution >= 4 is 24.3 Å². The predicted octanol–water partition coefficient (Wildman–Crippen LogP) is 2.82. The highest BCUT2D eigenvalue weighted by Crippen LogP contribution is 2.36. The van der Waals surface area contributed by atoms with E-state index in [1.807, 2.05) is 31.2 Å². The zero-order chi connectivity index (χ0) is 16.4. The summed E-state index contributed by atoms with van der Waals surface area (Å²) in [5.41, 5.74) is 2.21. The minimum absolute atomic E-state index is 0. The Hall–Kier alpha value is -1.59. The number of carboxylic acid groups (broad SMARTS) is 1. The monoisotopic (exact) mass is 353 g/mol. The number of carboxylic acids is 1. The van der Waals surface area contributed by atoms with E-state index in [0.29, 0.717) is 26.1 Å². The number of hydrogen-bond donors (Lipinski definition) is 1. The van der Waals surface area contributed by atoms with Crippen LogP contribution in [-0.2, 0) is 14.3 Å². The van der Waals surface area contributed by atoms with Crippen molar-refractivity contribution in [3.05, 3.63) is 35.4 Å². The number of ether oxygens (including phenoxy) is 1. The molecule has 0 bridgehead atoms. The van der Waals surface area contributed by atoms with Gasteiger partial charge in [-0.1, -0.05) is 29.8 Å². The van der Waals surface area contributed by atoms with Crippen molar-refractivity contribution in [3.63, 3.8) is 0 Å². The molecule has 0 radical (unpaired) electrons. The number of amides is 1. The Morgan fingerprint density at radius 3 is 2.54 bits per heavy atom. The molecule has 5 nitrogen and oxygen atoms in total. The van der Waals surface area contributed by atoms with Gasteiger partial charge in [0.15, 0.2) is 0 Å². The van der Waals surface area contributed by atoms with Crippen LogP contribution >= 0.6 is 12.4 Å². The Labute approximate surface area is 148 Å². The van der Waals surface area contributed by atoms with Crippen LogP contribution in [0.25, 0.3) is 0 Å². The van der Waals surface area contributed by atoms with E-state index in [0.717, 1.165) is 18.4 Å². The highest BCUT2D eigenvalue weighted by atomic mass is 35.5. The van der Waals surface area contributed by atoms with Crippen LogP contribution in [0.2, 0.25) is 0 Å². The molecule has 2 heterocycles. The van der Waals surface area contributed by atoms with Crippen LogP contribution in [0, 0.1) is 18.8 Å². The molecule has 1 aromatic carbocycles. The van der Waals surface area contributed by atoms with Crippen molar-refractivity contribution in [2.75, 3.05) is 19.7 Å². The van der Waals surface area contributed by atoms with Crippen molar-refractivity contribution in [2.24, 2.45) is 11.8 Å². The molecule has 1 aromatic rings. The Balaban J connectivity index is 0.00000208. The Morgan fingerprint density at radius 2 is 1.92 bits per heavy atom. The molecule has 3 atom stereocenters. The Bertz CT molecular complexity index is 589. The van der Waals surface area contributed by atoms with Crippen LogP contribution in [-0.4, -0.2) is 41.6 Å². The summed E-state index contributed by atoms with van der Waals surface area (Å²) in [7, 11) is 0. The average Bonchev–Trinajstić information content (AvgIpc) is 3.05. The van der Waals surface area contributed by atoms with Gasteiger partial charge < -0.3 is 14.7 Å². The minimum atomic E-state index is -0.810. The Kier molecular flexibility index (Phi) is 6.24. The number of aryl methyl sites for hydroxylation is 1. The fourth-order valence-corrected chi connectivity index (χ4v) is 3.52. The molecular formula is C18H24ClNO4. The molecule has 2 aliphatic rings. The predicted molar refractivity (Wildman–Crippen MR) is 92.2 cm³/mol. The van der Waals surface area contributed by atoms with Crippen molar-refractivity contribution < 1.29 is 19.4 Å². The smallest absolute Gasteiger partial charge is 0.308 e. The molecule has 0 aliphatic carbocycles. The minimum Gasteiger partial charge on any atom is -0.481 e. The second-order valence-corrected chi connectivity index (χ2v) is 6.56. The van der Waals surface area contributed by atoms with Gasteiger partial charge in [-0.25, -0.2) is 0 Å². The summed E-state index contributed by atoms with van der Waals surface area (Å²) in [4.78, 5) is 25.7. The molecular weight excluding hydrogens is 330 g/mol. The lowest BCUT2D eigenvalue weighted by Crippen LogP contribution is -2.40. The number of carbonyl (C=O) groups excluding carboxylic acids is 1. The quantitative estimate of drug-likeness (QED) is 0.907. The van der Waals surface area contributed by atoms with Gasteiger partial charge in [0.25, 0.3) is 0 Å². The highest BCUT2D eigenvalue weighted by molar-refractivity contribution is 5.85. The number of rotatable bonds is 3. The molecule has 6 heteroatoms. The number of likely N-dealkylation sites (tertiary alicyclic amines) is 1. The van der Waals surface area contributed by atoms with Crippen molar-refractivity contribution in [1.29, 1.82) is 0 Å². The third-order valence-corrected chi connectivity index (χ3v) is 4.89. The van der Waals surface area contributed by atoms with E-state index in [1.54, 1.807) is 4.90 Å². The molecule has 0 saturated carbocycles. The van der Waals surface area contributed by atoms with Crippen molar-refractivity contribution in [3.8, 4) is 0 Å². The zero-order valence-electron chi connectivity index (χ0n) is 13.8. The van der Waals surface area contributed by atoms with Crippen LogP contribution in [0.4, 0.5) is 0 Å². The maximum atomic E-state index is 12.9. The van der Waals surface area contributed by atoms with Crippen molar-refractivity contribution in [1.82, 2.24) is 4.90 Å². The second-order valence-electron chi connectivity index (χ2n) is 6.56. The van der Waals surface area contributed by atoms with Gasteiger partial charge in [-0.15, -0.1) is 12.4 Å². The molecule has 2 fully saturated rings. The van der Waals surface area contributed by atoms with Gasteiger partial charge in [0.1, 0.15) is 0 Å². The third-order valence-electron chi connectivity index (χ3n) is 4.89. The molecule has 2 aliphatic heterocycles. The third kappa shape index (κ3) is 3.90. The molecule has 3 unspecified atom stereocenters. The highest BCUT2D eigenvalue weighted by Gasteiger charge is 2.39. The summed E-state index contributed by atoms with van der Waals surface area (Å²) in [6.45, 7) is 3.56. The first-order valence-corrected chi connectivity index (χ1v) is 8.26. The summed E-state index contributed by atoms with van der Waals surface area (Å²) < 4.78 is 5.91. The second kappa shape index (κ2) is 7.99. The lowest BCUT2D eigenvalue weighted by atomic mass is 9.88. The average molecular weight is 354 g/mol. The number of aliphatic carboxylic acids is 1. The van der Waals surface area contributed by atoms with Crippen LogP contribution in [0.5, 0.6) is 0 Å². The first kappa shape index (κ1) is 18.7. The molecule has 0 spiro atoms. The standard InChI is InChI=1S/C18H23NO4.ClH/c1-12-4-6-13(7-5-12)16-15(3-2-10-23-16)17(20)19-9-8-14(11-19)18(21)22;/h4-7,14-16H,2-3,8-11H2,1H3,(H,21,22);1H.